The molecule has 0 saturated carbocycles. The number of aliphatic hydroxyl groups excluding tert-OH is 2. The first-order valence-corrected chi connectivity index (χ1v) is 7.18. The van der Waals surface area contributed by atoms with Gasteiger partial charge in [0, 0.05) is 6.20 Å². The summed E-state index contributed by atoms with van der Waals surface area (Å²) in [6.07, 6.45) is -4.51. The second-order valence-electron chi connectivity index (χ2n) is 4.33. The number of phosphoric acid groups is 1. The molecule has 1 aromatic heterocycles. The summed E-state index contributed by atoms with van der Waals surface area (Å²) in [5.74, 6) is -0.0391. The summed E-state index contributed by atoms with van der Waals surface area (Å²) in [6.45, 7) is -0.782. The summed E-state index contributed by atoms with van der Waals surface area (Å²) < 4.78 is 20.4. The standard InChI is InChI=1S/C9H14N3O8P/c10-5-1-2-12(9(15)11-5)8-7(14)6(13)4(20-8)3-19-21(16,17)18/h1-2,4,6-8,13-14H,3H2,(H2,10,11,15)(H2,16,17,18)/p-2/t4-,6-,7-,8-/m1/s1. The van der Waals surface area contributed by atoms with Crippen molar-refractivity contribution in [3.05, 3.63) is 22.7 Å². The summed E-state index contributed by atoms with van der Waals surface area (Å²) in [5, 5.41) is 19.6. The normalized spacial score (nSPS) is 29.7. The minimum absolute atomic E-state index is 0.0391. The average molecular weight is 321 g/mol. The van der Waals surface area contributed by atoms with Crippen molar-refractivity contribution in [2.24, 2.45) is 0 Å². The Labute approximate surface area is 117 Å². The lowest BCUT2D eigenvalue weighted by atomic mass is 10.1. The van der Waals surface area contributed by atoms with Crippen molar-refractivity contribution in [3.8, 4) is 0 Å². The Hall–Kier alpha value is -1.33. The third-order valence-electron chi connectivity index (χ3n) is 2.86. The number of aromatic nitrogens is 2. The van der Waals surface area contributed by atoms with Crippen LogP contribution in [0.15, 0.2) is 17.1 Å². The van der Waals surface area contributed by atoms with Gasteiger partial charge in [-0.25, -0.2) is 4.79 Å². The topological polar surface area (TPSA) is 183 Å². The summed E-state index contributed by atoms with van der Waals surface area (Å²) in [7, 11) is -5.24. The van der Waals surface area contributed by atoms with E-state index in [2.05, 4.69) is 9.51 Å². The Bertz CT molecular complexity index is 615. The van der Waals surface area contributed by atoms with Crippen LogP contribution in [-0.4, -0.2) is 44.7 Å². The number of aliphatic hydroxyl groups is 2. The predicted octanol–water partition coefficient (Wildman–Crippen LogP) is -3.71. The van der Waals surface area contributed by atoms with Crippen LogP contribution in [0.1, 0.15) is 6.23 Å². The number of rotatable bonds is 4. The third kappa shape index (κ3) is 3.66. The largest absolute Gasteiger partial charge is 0.790 e. The van der Waals surface area contributed by atoms with E-state index in [1.165, 1.54) is 12.3 Å². The van der Waals surface area contributed by atoms with Crippen LogP contribution in [-0.2, 0) is 13.8 Å². The third-order valence-corrected chi connectivity index (χ3v) is 3.33. The molecule has 0 unspecified atom stereocenters. The molecule has 2 rings (SSSR count). The average Bonchev–Trinajstić information content (AvgIpc) is 2.64. The van der Waals surface area contributed by atoms with Crippen LogP contribution in [0, 0.1) is 0 Å². The van der Waals surface area contributed by atoms with Crippen LogP contribution >= 0.6 is 7.82 Å². The van der Waals surface area contributed by atoms with Gasteiger partial charge in [0.1, 0.15) is 24.1 Å². The van der Waals surface area contributed by atoms with Crippen molar-refractivity contribution in [1.29, 1.82) is 0 Å². The minimum Gasteiger partial charge on any atom is -0.790 e. The predicted molar refractivity (Wildman–Crippen MR) is 62.4 cm³/mol. The second-order valence-corrected chi connectivity index (χ2v) is 5.48. The van der Waals surface area contributed by atoms with Crippen LogP contribution in [0.4, 0.5) is 5.82 Å². The zero-order chi connectivity index (χ0) is 15.8. The molecule has 1 aromatic rings. The monoisotopic (exact) mass is 321 g/mol. The van der Waals surface area contributed by atoms with E-state index >= 15 is 0 Å². The minimum atomic E-state index is -5.24. The molecule has 0 aromatic carbocycles. The van der Waals surface area contributed by atoms with Crippen LogP contribution in [0.5, 0.6) is 0 Å². The van der Waals surface area contributed by atoms with E-state index in [4.69, 9.17) is 10.5 Å². The van der Waals surface area contributed by atoms with Crippen molar-refractivity contribution in [3.63, 3.8) is 0 Å². The molecule has 0 bridgehead atoms. The first kappa shape index (κ1) is 16.0. The van der Waals surface area contributed by atoms with E-state index < -0.39 is 44.7 Å². The Balaban J connectivity index is 2.16. The number of hydrogen-bond acceptors (Lipinski definition) is 10. The molecule has 0 spiro atoms. The van der Waals surface area contributed by atoms with E-state index in [0.29, 0.717) is 0 Å². The highest BCUT2D eigenvalue weighted by Crippen LogP contribution is 2.32. The molecule has 4 N–H and O–H groups in total. The number of nitrogens with zero attached hydrogens (tertiary/aromatic N) is 2. The van der Waals surface area contributed by atoms with Gasteiger partial charge in [-0.2, -0.15) is 4.98 Å². The fourth-order valence-electron chi connectivity index (χ4n) is 1.88. The zero-order valence-electron chi connectivity index (χ0n) is 10.4. The van der Waals surface area contributed by atoms with Gasteiger partial charge in [-0.1, -0.05) is 0 Å². The van der Waals surface area contributed by atoms with Gasteiger partial charge >= 0.3 is 5.69 Å². The lowest BCUT2D eigenvalue weighted by Crippen LogP contribution is -2.36. The Morgan fingerprint density at radius 2 is 2.14 bits per heavy atom. The summed E-state index contributed by atoms with van der Waals surface area (Å²) in [6, 6.07) is 1.27. The molecule has 4 atom stereocenters. The Morgan fingerprint density at radius 3 is 2.71 bits per heavy atom. The van der Waals surface area contributed by atoms with Crippen molar-refractivity contribution in [1.82, 2.24) is 9.55 Å². The number of phosphoric ester groups is 1. The molecule has 0 aliphatic carbocycles. The maximum atomic E-state index is 11.6. The molecule has 118 valence electrons. The van der Waals surface area contributed by atoms with Crippen molar-refractivity contribution in [2.75, 3.05) is 12.3 Å². The van der Waals surface area contributed by atoms with E-state index in [1.807, 2.05) is 0 Å². The molecule has 12 heteroatoms. The lowest BCUT2D eigenvalue weighted by Gasteiger charge is -2.30. The van der Waals surface area contributed by atoms with Crippen molar-refractivity contribution >= 4 is 13.6 Å². The second kappa shape index (κ2) is 5.81. The van der Waals surface area contributed by atoms with Gasteiger partial charge in [-0.15, -0.1) is 0 Å². The number of nitrogen functional groups attached to an aromatic ring is 1. The molecule has 0 radical (unpaired) electrons. The maximum absolute atomic E-state index is 11.6. The molecule has 1 aliphatic rings. The van der Waals surface area contributed by atoms with E-state index in [1.54, 1.807) is 0 Å². The summed E-state index contributed by atoms with van der Waals surface area (Å²) in [5.41, 5.74) is 4.49. The van der Waals surface area contributed by atoms with Gasteiger partial charge in [0.25, 0.3) is 0 Å². The molecule has 11 nitrogen and oxygen atoms in total. The number of nitrogens with two attached hydrogens (primary N) is 1. The Morgan fingerprint density at radius 1 is 1.48 bits per heavy atom. The molecule has 21 heavy (non-hydrogen) atoms. The molecule has 2 heterocycles. The molecule has 0 amide bonds. The SMILES string of the molecule is Nc1ccn([C@@H]2O[C@H](COP(=O)([O-])[O-])[C@@H](O)[C@H]2O)c(=O)n1. The highest BCUT2D eigenvalue weighted by molar-refractivity contribution is 7.43. The van der Waals surface area contributed by atoms with Crippen LogP contribution in [0.3, 0.4) is 0 Å². The first-order chi connectivity index (χ1) is 9.69. The highest BCUT2D eigenvalue weighted by atomic mass is 31.2. The van der Waals surface area contributed by atoms with Gasteiger partial charge in [0.15, 0.2) is 6.23 Å². The van der Waals surface area contributed by atoms with Crippen LogP contribution < -0.4 is 21.2 Å². The van der Waals surface area contributed by atoms with Gasteiger partial charge in [-0.3, -0.25) is 4.57 Å². The molecule has 1 saturated heterocycles. The quantitative estimate of drug-likeness (QED) is 0.466. The fraction of sp³-hybridized carbons (Fsp3) is 0.556. The van der Waals surface area contributed by atoms with Crippen LogP contribution in [0.2, 0.25) is 0 Å². The first-order valence-electron chi connectivity index (χ1n) is 5.72. The molecule has 1 aliphatic heterocycles. The van der Waals surface area contributed by atoms with Gasteiger partial charge in [0.05, 0.1) is 14.4 Å². The highest BCUT2D eigenvalue weighted by Gasteiger charge is 2.44. The molecule has 1 fully saturated rings. The number of anilines is 1. The van der Waals surface area contributed by atoms with Gasteiger partial charge in [0.2, 0.25) is 0 Å². The number of ether oxygens (including phenoxy) is 1. The number of hydrogen-bond donors (Lipinski definition) is 3. The van der Waals surface area contributed by atoms with Crippen molar-refractivity contribution < 1.29 is 33.8 Å². The molecular formula is C9H12N3O8P-2. The molecular weight excluding hydrogens is 309 g/mol. The lowest BCUT2D eigenvalue weighted by molar-refractivity contribution is -0.343. The summed E-state index contributed by atoms with van der Waals surface area (Å²) in [4.78, 5) is 35.8. The van der Waals surface area contributed by atoms with Crippen molar-refractivity contribution in [2.45, 2.75) is 24.5 Å². The van der Waals surface area contributed by atoms with E-state index in [9.17, 15) is 29.4 Å². The van der Waals surface area contributed by atoms with E-state index in [0.717, 1.165) is 4.57 Å². The maximum Gasteiger partial charge on any atom is 0.351 e. The smallest absolute Gasteiger partial charge is 0.351 e. The summed E-state index contributed by atoms with van der Waals surface area (Å²) >= 11 is 0. The van der Waals surface area contributed by atoms with E-state index in [-0.39, 0.29) is 5.82 Å². The fourth-order valence-corrected chi connectivity index (χ4v) is 2.21. The van der Waals surface area contributed by atoms with Crippen LogP contribution in [0.25, 0.3) is 0 Å². The zero-order valence-corrected chi connectivity index (χ0v) is 11.3. The van der Waals surface area contributed by atoms with Gasteiger partial charge < -0.3 is 39.6 Å². The Kier molecular flexibility index (Phi) is 4.44. The van der Waals surface area contributed by atoms with Gasteiger partial charge in [-0.05, 0) is 6.07 Å².